The summed E-state index contributed by atoms with van der Waals surface area (Å²) in [7, 11) is -4.34. The molecule has 304 valence electrons. The molecule has 1 fully saturated rings. The highest BCUT2D eigenvalue weighted by Crippen LogP contribution is 2.36. The Balaban J connectivity index is 1.35. The minimum absolute atomic E-state index is 0.0204. The number of nitro groups is 1. The van der Waals surface area contributed by atoms with Gasteiger partial charge < -0.3 is 34.9 Å². The number of sulfonamides is 1. The van der Waals surface area contributed by atoms with E-state index in [1.54, 1.807) is 60.0 Å². The van der Waals surface area contributed by atoms with Gasteiger partial charge in [0.05, 0.1) is 10.6 Å². The molecule has 1 aliphatic rings. The van der Waals surface area contributed by atoms with E-state index in [1.165, 1.54) is 36.4 Å². The van der Waals surface area contributed by atoms with E-state index in [2.05, 4.69) is 25.9 Å². The monoisotopic (exact) mass is 799 g/mol. The zero-order valence-electron chi connectivity index (χ0n) is 32.2. The topological polar surface area (TPSA) is 239 Å². The highest BCUT2D eigenvalue weighted by molar-refractivity contribution is 7.90. The Hall–Kier alpha value is -5.72. The van der Waals surface area contributed by atoms with Crippen molar-refractivity contribution in [3.05, 3.63) is 70.5 Å². The molecule has 4 rings (SSSR count). The molecule has 2 atom stereocenters. The van der Waals surface area contributed by atoms with Gasteiger partial charge >= 0.3 is 18.3 Å². The Labute approximate surface area is 325 Å². The lowest BCUT2D eigenvalue weighted by atomic mass is 10.0. The van der Waals surface area contributed by atoms with Crippen molar-refractivity contribution in [2.24, 2.45) is 0 Å². The number of carbonyl (C=O) groups excluding carboxylic acids is 3. The van der Waals surface area contributed by atoms with Gasteiger partial charge in [0.1, 0.15) is 28.0 Å². The predicted molar refractivity (Wildman–Crippen MR) is 205 cm³/mol. The van der Waals surface area contributed by atoms with Gasteiger partial charge in [0.2, 0.25) is 5.95 Å². The molecule has 19 heteroatoms. The van der Waals surface area contributed by atoms with Crippen molar-refractivity contribution in [1.82, 2.24) is 20.0 Å². The lowest BCUT2D eigenvalue weighted by molar-refractivity contribution is -0.384. The fourth-order valence-corrected chi connectivity index (χ4v) is 6.62. The highest BCUT2D eigenvalue weighted by Gasteiger charge is 2.30. The minimum atomic E-state index is -4.34. The third-order valence-electron chi connectivity index (χ3n) is 8.02. The number of hydrogen-bond donors (Lipinski definition) is 4. The van der Waals surface area contributed by atoms with E-state index in [1.807, 2.05) is 4.72 Å². The second-order valence-electron chi connectivity index (χ2n) is 15.1. The Morgan fingerprint density at radius 1 is 0.875 bits per heavy atom. The molecule has 18 nitrogen and oxygen atoms in total. The molecule has 0 spiro atoms. The van der Waals surface area contributed by atoms with E-state index >= 15 is 0 Å². The van der Waals surface area contributed by atoms with Gasteiger partial charge in [-0.15, -0.1) is 0 Å². The molecule has 0 aliphatic heterocycles. The van der Waals surface area contributed by atoms with Gasteiger partial charge in [-0.25, -0.2) is 37.5 Å². The van der Waals surface area contributed by atoms with Gasteiger partial charge in [-0.2, -0.15) is 0 Å². The van der Waals surface area contributed by atoms with Crippen LogP contribution in [-0.4, -0.2) is 72.0 Å². The molecule has 4 N–H and O–H groups in total. The maximum atomic E-state index is 13.3. The largest absolute Gasteiger partial charge is 0.514 e. The number of non-ortho nitro benzene ring substituents is 1. The average molecular weight is 800 g/mol. The number of unbranched alkanes of at least 4 members (excludes halogenated alkanes) is 2. The molecule has 56 heavy (non-hydrogen) atoms. The Morgan fingerprint density at radius 2 is 1.52 bits per heavy atom. The number of benzene rings is 2. The van der Waals surface area contributed by atoms with Crippen LogP contribution in [-0.2, 0) is 24.2 Å². The lowest BCUT2D eigenvalue weighted by Crippen LogP contribution is -2.36. The molecule has 2 amide bonds. The van der Waals surface area contributed by atoms with E-state index in [-0.39, 0.29) is 33.9 Å². The summed E-state index contributed by atoms with van der Waals surface area (Å²) in [6.07, 6.45) is 4.29. The quantitative estimate of drug-likeness (QED) is 0.0294. The number of anilines is 3. The molecule has 1 aliphatic carbocycles. The molecule has 0 saturated heterocycles. The Morgan fingerprint density at radius 3 is 2.16 bits per heavy atom. The molecule has 3 aromatic rings. The fraction of sp³-hybridized carbons (Fsp3) is 0.486. The molecule has 1 aromatic heterocycles. The van der Waals surface area contributed by atoms with Gasteiger partial charge in [-0.3, -0.25) is 10.1 Å². The van der Waals surface area contributed by atoms with Crippen molar-refractivity contribution in [1.29, 1.82) is 0 Å². The van der Waals surface area contributed by atoms with Crippen LogP contribution in [0.1, 0.15) is 91.5 Å². The second kappa shape index (κ2) is 18.7. The van der Waals surface area contributed by atoms with E-state index in [0.29, 0.717) is 50.9 Å². The van der Waals surface area contributed by atoms with Gasteiger partial charge in [0.15, 0.2) is 0 Å². The second-order valence-corrected chi connectivity index (χ2v) is 16.7. The van der Waals surface area contributed by atoms with Crippen LogP contribution in [0.3, 0.4) is 0 Å². The number of ether oxygens (including phenoxy) is 4. The Kier molecular flexibility index (Phi) is 14.4. The standard InChI is InChI=1S/C37H49N7O11S/c1-36(2,3)54-33(45)39-19-9-7-8-18-38-30-21-26(11-17-31(30)56(50,51)43-34(46)55-37(4,5)6)42-32-40-22-25(23-41-32)24-10-14-29(20-24)53-35(47)52-28-15-12-27(13-16-28)44(48)49/h11-13,15-17,21-24,29,38H,7-10,14,18-20H2,1-6H3,(H,39,45)(H,43,46)(H,40,41,42). The number of alkyl carbamates (subject to hydrolysis) is 1. The number of amides is 2. The number of nitro benzene ring substituents is 1. The van der Waals surface area contributed by atoms with Gasteiger partial charge in [0, 0.05) is 43.3 Å². The molecule has 0 radical (unpaired) electrons. The minimum Gasteiger partial charge on any atom is -0.444 e. The van der Waals surface area contributed by atoms with Crippen LogP contribution >= 0.6 is 0 Å². The van der Waals surface area contributed by atoms with E-state index < -0.39 is 50.6 Å². The van der Waals surface area contributed by atoms with Crippen LogP contribution in [0.5, 0.6) is 5.75 Å². The fourth-order valence-electron chi connectivity index (χ4n) is 5.58. The van der Waals surface area contributed by atoms with Crippen LogP contribution < -0.4 is 25.4 Å². The average Bonchev–Trinajstić information content (AvgIpc) is 3.54. The predicted octanol–water partition coefficient (Wildman–Crippen LogP) is 7.30. The smallest absolute Gasteiger partial charge is 0.444 e. The SMILES string of the molecule is CC(C)(C)OC(=O)NCCCCCNc1cc(Nc2ncc(C3CCC(OC(=O)Oc4ccc([N+](=O)[O-])cc4)C3)cn2)ccc1S(=O)(=O)NC(=O)OC(C)(C)C. The van der Waals surface area contributed by atoms with E-state index in [9.17, 15) is 32.9 Å². The zero-order chi connectivity index (χ0) is 41.1. The summed E-state index contributed by atoms with van der Waals surface area (Å²) in [5.41, 5.74) is -0.107. The number of rotatable bonds is 15. The van der Waals surface area contributed by atoms with Crippen LogP contribution in [0.4, 0.5) is 37.4 Å². The molecular weight excluding hydrogens is 751 g/mol. The third kappa shape index (κ3) is 14.2. The van der Waals surface area contributed by atoms with Crippen LogP contribution in [0.25, 0.3) is 0 Å². The number of carbonyl (C=O) groups is 3. The summed E-state index contributed by atoms with van der Waals surface area (Å²) >= 11 is 0. The first-order valence-electron chi connectivity index (χ1n) is 18.1. The molecule has 1 saturated carbocycles. The summed E-state index contributed by atoms with van der Waals surface area (Å²) in [5, 5.41) is 19.8. The number of nitrogens with zero attached hydrogens (tertiary/aromatic N) is 3. The van der Waals surface area contributed by atoms with Crippen molar-refractivity contribution in [3.63, 3.8) is 0 Å². The summed E-state index contributed by atoms with van der Waals surface area (Å²) < 4.78 is 49.6. The first kappa shape index (κ1) is 43.0. The van der Waals surface area contributed by atoms with Gasteiger partial charge in [-0.1, -0.05) is 0 Å². The van der Waals surface area contributed by atoms with Gasteiger partial charge in [0.25, 0.3) is 15.7 Å². The zero-order valence-corrected chi connectivity index (χ0v) is 33.1. The first-order chi connectivity index (χ1) is 26.3. The number of nitrogens with one attached hydrogen (secondary N) is 4. The maximum absolute atomic E-state index is 13.3. The van der Waals surface area contributed by atoms with Crippen molar-refractivity contribution in [2.75, 3.05) is 23.7 Å². The number of aromatic nitrogens is 2. The maximum Gasteiger partial charge on any atom is 0.514 e. The summed E-state index contributed by atoms with van der Waals surface area (Å²) in [5.74, 6) is 0.397. The molecule has 2 aromatic carbocycles. The molecular formula is C37H49N7O11S. The summed E-state index contributed by atoms with van der Waals surface area (Å²) in [6, 6.07) is 9.54. The highest BCUT2D eigenvalue weighted by atomic mass is 32.2. The summed E-state index contributed by atoms with van der Waals surface area (Å²) in [4.78, 5) is 55.6. The van der Waals surface area contributed by atoms with Crippen molar-refractivity contribution in [3.8, 4) is 5.75 Å². The van der Waals surface area contributed by atoms with E-state index in [4.69, 9.17) is 18.9 Å². The summed E-state index contributed by atoms with van der Waals surface area (Å²) in [6.45, 7) is 11.0. The van der Waals surface area contributed by atoms with Crippen molar-refractivity contribution in [2.45, 2.75) is 108 Å². The van der Waals surface area contributed by atoms with Crippen LogP contribution in [0.15, 0.2) is 59.8 Å². The van der Waals surface area contributed by atoms with E-state index in [0.717, 1.165) is 12.0 Å². The van der Waals surface area contributed by atoms with Gasteiger partial charge in [-0.05, 0) is 122 Å². The molecule has 0 bridgehead atoms. The van der Waals surface area contributed by atoms with Crippen LogP contribution in [0.2, 0.25) is 0 Å². The van der Waals surface area contributed by atoms with Crippen molar-refractivity contribution < 1.29 is 46.7 Å². The normalized spacial score (nSPS) is 15.6. The first-order valence-corrected chi connectivity index (χ1v) is 19.6. The lowest BCUT2D eigenvalue weighted by Gasteiger charge is -2.20. The third-order valence-corrected chi connectivity index (χ3v) is 9.39. The van der Waals surface area contributed by atoms with Crippen molar-refractivity contribution >= 4 is 51.4 Å². The molecule has 1 heterocycles. The number of hydrogen-bond acceptors (Lipinski definition) is 15. The Bertz CT molecular complexity index is 1950. The van der Waals surface area contributed by atoms with Crippen LogP contribution in [0, 0.1) is 10.1 Å². The molecule has 2 unspecified atom stereocenters.